The van der Waals surface area contributed by atoms with Crippen molar-refractivity contribution in [2.75, 3.05) is 26.2 Å². The Morgan fingerprint density at radius 1 is 0.597 bits per heavy atom. The molecular formula is C55H92N4O8. The smallest absolute Gasteiger partial charge is 0.320 e. The van der Waals surface area contributed by atoms with Gasteiger partial charge in [-0.25, -0.2) is 0 Å². The maximum Gasteiger partial charge on any atom is 0.320 e. The highest BCUT2D eigenvalue weighted by molar-refractivity contribution is 5.95. The number of carbonyl (C=O) groups is 5. The highest BCUT2D eigenvalue weighted by atomic mass is 16.6. The number of hydrogen-bond donors (Lipinski definition) is 4. The Morgan fingerprint density at radius 2 is 1.07 bits per heavy atom. The summed E-state index contributed by atoms with van der Waals surface area (Å²) in [6, 6.07) is 6.01. The fourth-order valence-electron chi connectivity index (χ4n) is 7.47. The summed E-state index contributed by atoms with van der Waals surface area (Å²) in [6.07, 6.45) is 41.8. The van der Waals surface area contributed by atoms with Crippen LogP contribution in [-0.4, -0.2) is 79.4 Å². The molecule has 380 valence electrons. The van der Waals surface area contributed by atoms with Gasteiger partial charge in [-0.1, -0.05) is 153 Å². The number of hydrogen-bond acceptors (Lipinski definition) is 9. The van der Waals surface area contributed by atoms with Gasteiger partial charge < -0.3 is 30.9 Å². The molecule has 0 aromatic heterocycles. The number of ether oxygens (including phenoxy) is 2. The van der Waals surface area contributed by atoms with Crippen LogP contribution in [0.3, 0.4) is 0 Å². The number of amides is 2. The molecule has 2 amide bonds. The fourth-order valence-corrected chi connectivity index (χ4v) is 7.47. The third-order valence-corrected chi connectivity index (χ3v) is 11.7. The van der Waals surface area contributed by atoms with Crippen LogP contribution in [-0.2, 0) is 28.7 Å². The maximum absolute atomic E-state index is 13.2. The normalized spacial score (nSPS) is 12.5. The Labute approximate surface area is 405 Å². The van der Waals surface area contributed by atoms with Crippen molar-refractivity contribution in [3.8, 4) is 0 Å². The molecule has 0 aliphatic rings. The van der Waals surface area contributed by atoms with E-state index in [1.54, 1.807) is 30.5 Å². The van der Waals surface area contributed by atoms with Gasteiger partial charge in [0.05, 0.1) is 6.54 Å². The first-order valence-corrected chi connectivity index (χ1v) is 26.5. The zero-order valence-corrected chi connectivity index (χ0v) is 41.9. The van der Waals surface area contributed by atoms with Crippen molar-refractivity contribution >= 4 is 35.9 Å². The van der Waals surface area contributed by atoms with E-state index >= 15 is 0 Å². The summed E-state index contributed by atoms with van der Waals surface area (Å²) < 4.78 is 11.0. The second-order valence-electron chi connectivity index (χ2n) is 18.0. The van der Waals surface area contributed by atoms with Gasteiger partial charge in [-0.2, -0.15) is 0 Å². The number of esters is 2. The summed E-state index contributed by atoms with van der Waals surface area (Å²) in [6.45, 7) is 5.00. The molecule has 1 aromatic carbocycles. The van der Waals surface area contributed by atoms with Crippen LogP contribution in [0.25, 0.3) is 0 Å². The molecule has 1 rings (SSSR count). The van der Waals surface area contributed by atoms with Gasteiger partial charge in [0.2, 0.25) is 6.10 Å². The minimum Gasteiger partial charge on any atom is -0.480 e. The topological polar surface area (TPSA) is 186 Å². The van der Waals surface area contributed by atoms with Crippen LogP contribution in [0.5, 0.6) is 0 Å². The van der Waals surface area contributed by atoms with E-state index in [2.05, 4.69) is 53.8 Å². The van der Waals surface area contributed by atoms with E-state index in [9.17, 15) is 24.0 Å². The number of aliphatic carboxylic acids is 1. The van der Waals surface area contributed by atoms with Crippen molar-refractivity contribution in [1.82, 2.24) is 10.6 Å². The minimum atomic E-state index is -1.25. The molecule has 0 saturated heterocycles. The van der Waals surface area contributed by atoms with Gasteiger partial charge in [0, 0.05) is 37.7 Å². The summed E-state index contributed by atoms with van der Waals surface area (Å²) in [5, 5.41) is 14.5. The molecule has 67 heavy (non-hydrogen) atoms. The molecule has 1 aromatic rings. The first-order chi connectivity index (χ1) is 32.7. The van der Waals surface area contributed by atoms with Gasteiger partial charge in [0.25, 0.3) is 11.8 Å². The van der Waals surface area contributed by atoms with Crippen molar-refractivity contribution in [3.05, 3.63) is 59.7 Å². The highest BCUT2D eigenvalue weighted by Crippen LogP contribution is 2.13. The summed E-state index contributed by atoms with van der Waals surface area (Å²) in [5.41, 5.74) is 6.77. The zero-order valence-electron chi connectivity index (χ0n) is 41.9. The third kappa shape index (κ3) is 37.4. The number of allylic oxidation sites excluding steroid dienone is 4. The van der Waals surface area contributed by atoms with E-state index < -0.39 is 36.0 Å². The first-order valence-electron chi connectivity index (χ1n) is 26.5. The van der Waals surface area contributed by atoms with E-state index in [0.717, 1.165) is 76.2 Å². The zero-order chi connectivity index (χ0) is 48.8. The van der Waals surface area contributed by atoms with Crippen molar-refractivity contribution in [1.29, 1.82) is 0 Å². The van der Waals surface area contributed by atoms with Crippen LogP contribution >= 0.6 is 0 Å². The van der Waals surface area contributed by atoms with E-state index in [-0.39, 0.29) is 38.4 Å². The number of nitrogens with zero attached hydrogens (tertiary/aromatic N) is 1. The Balaban J connectivity index is 2.48. The van der Waals surface area contributed by atoms with Gasteiger partial charge in [-0.3, -0.25) is 29.0 Å². The first kappa shape index (κ1) is 60.7. The number of carbonyl (C=O) groups excluding carboxylic acids is 4. The van der Waals surface area contributed by atoms with Crippen molar-refractivity contribution < 1.29 is 38.6 Å². The minimum absolute atomic E-state index is 0.179. The summed E-state index contributed by atoms with van der Waals surface area (Å²) in [7, 11) is 0. The molecule has 0 aliphatic heterocycles. The molecule has 0 fully saturated rings. The Morgan fingerprint density at radius 3 is 1.58 bits per heavy atom. The quantitative estimate of drug-likeness (QED) is 0.0214. The number of rotatable bonds is 45. The van der Waals surface area contributed by atoms with Gasteiger partial charge >= 0.3 is 17.9 Å². The van der Waals surface area contributed by atoms with Crippen LogP contribution < -0.4 is 16.4 Å². The number of carboxylic acid groups (broad SMARTS) is 1. The molecular weight excluding hydrogens is 845 g/mol. The van der Waals surface area contributed by atoms with E-state index in [1.165, 1.54) is 83.5 Å². The van der Waals surface area contributed by atoms with Crippen LogP contribution in [0.2, 0.25) is 0 Å². The number of carboxylic acids is 1. The molecule has 0 saturated carbocycles. The molecule has 2 atom stereocenters. The predicted octanol–water partition coefficient (Wildman–Crippen LogP) is 12.1. The second kappa shape index (κ2) is 44.2. The molecule has 2 unspecified atom stereocenters. The van der Waals surface area contributed by atoms with Gasteiger partial charge in [-0.05, 0) is 101 Å². The van der Waals surface area contributed by atoms with Crippen molar-refractivity contribution in [3.63, 3.8) is 0 Å². The van der Waals surface area contributed by atoms with Crippen molar-refractivity contribution in [2.45, 2.75) is 225 Å². The monoisotopic (exact) mass is 937 g/mol. The summed E-state index contributed by atoms with van der Waals surface area (Å²) in [4.78, 5) is 66.4. The number of benzene rings is 1. The average Bonchev–Trinajstić information content (AvgIpc) is 3.32. The Hall–Kier alpha value is -4.32. The third-order valence-electron chi connectivity index (χ3n) is 11.7. The number of nitrogens with one attached hydrogen (secondary N) is 2. The lowest BCUT2D eigenvalue weighted by Crippen LogP contribution is -2.42. The van der Waals surface area contributed by atoms with Crippen LogP contribution in [0.1, 0.15) is 229 Å². The van der Waals surface area contributed by atoms with Gasteiger partial charge in [-0.15, -0.1) is 0 Å². The van der Waals surface area contributed by atoms with Crippen LogP contribution in [0.15, 0.2) is 53.6 Å². The molecule has 12 nitrogen and oxygen atoms in total. The largest absolute Gasteiger partial charge is 0.480 e. The van der Waals surface area contributed by atoms with Crippen LogP contribution in [0, 0.1) is 0 Å². The average molecular weight is 937 g/mol. The summed E-state index contributed by atoms with van der Waals surface area (Å²) >= 11 is 0. The molecule has 0 heterocycles. The lowest BCUT2D eigenvalue weighted by atomic mass is 10.1. The van der Waals surface area contributed by atoms with E-state index in [1.807, 2.05) is 0 Å². The SMILES string of the molecule is CCCCCCCC/C=C/CCCCCCCC(=O)OCC(OC(=O)CCCCCCC/C=C/CCCCCCCC)C(=O)NCCN=Cc1ccc(C(=O)NCCCCC(N)C(=O)O)cc1. The van der Waals surface area contributed by atoms with E-state index in [0.29, 0.717) is 44.2 Å². The molecule has 0 aliphatic carbocycles. The highest BCUT2D eigenvalue weighted by Gasteiger charge is 2.24. The van der Waals surface area contributed by atoms with Crippen LogP contribution in [0.4, 0.5) is 0 Å². The van der Waals surface area contributed by atoms with Gasteiger partial charge in [0.15, 0.2) is 0 Å². The number of nitrogens with two attached hydrogens (primary N) is 1. The fraction of sp³-hybridized carbons (Fsp3) is 0.709. The number of aliphatic imine (C=N–C) groups is 1. The van der Waals surface area contributed by atoms with E-state index in [4.69, 9.17) is 20.3 Å². The molecule has 5 N–H and O–H groups in total. The summed E-state index contributed by atoms with van der Waals surface area (Å²) in [5.74, 6) is -2.69. The molecule has 0 spiro atoms. The molecule has 12 heteroatoms. The maximum atomic E-state index is 13.2. The molecule has 0 bridgehead atoms. The predicted molar refractivity (Wildman–Crippen MR) is 273 cm³/mol. The Kier molecular flexibility index (Phi) is 40.0. The van der Waals surface area contributed by atoms with Crippen molar-refractivity contribution in [2.24, 2.45) is 10.7 Å². The van der Waals surface area contributed by atoms with Gasteiger partial charge in [0.1, 0.15) is 12.6 Å². The lowest BCUT2D eigenvalue weighted by molar-refractivity contribution is -0.164. The second-order valence-corrected chi connectivity index (χ2v) is 18.0. The Bertz CT molecular complexity index is 1510. The number of unbranched alkanes of at least 4 members (excludes halogenated alkanes) is 23. The lowest BCUT2D eigenvalue weighted by Gasteiger charge is -2.17. The molecule has 0 radical (unpaired) electrons. The standard InChI is InChI=1S/C55H92N4O8/c1-3-5-7-9-11-13-15-17-19-21-23-25-27-29-31-36-51(60)66-46-50(67-52(61)37-32-30-28-26-24-22-20-18-16-14-12-10-8-6-4-2)54(63)59-44-43-57-45-47-38-40-48(41-39-47)53(62)58-42-34-33-35-49(56)55(64)65/h17-20,38-41,45,49-50H,3-16,21-37,42-44,46,56H2,1-2H3,(H,58,62)(H,59,63)(H,64,65)/b19-17+,20-18+,57-45?.